The molecule has 0 atom stereocenters. The molecule has 0 unspecified atom stereocenters. The minimum Gasteiger partial charge on any atom is -0.465 e. The molecule has 0 bridgehead atoms. The Hall–Kier alpha value is -1.80. The fourth-order valence-electron chi connectivity index (χ4n) is 1.43. The molecular weight excluding hydrogens is 331 g/mol. The summed E-state index contributed by atoms with van der Waals surface area (Å²) in [5, 5.41) is -0.372. The first-order chi connectivity index (χ1) is 9.82. The second-order valence-electron chi connectivity index (χ2n) is 3.69. The van der Waals surface area contributed by atoms with Crippen LogP contribution in [0.15, 0.2) is 24.3 Å². The Morgan fingerprint density at radius 1 is 1.33 bits per heavy atom. The number of thiazole rings is 1. The number of halogens is 4. The Morgan fingerprint density at radius 3 is 2.62 bits per heavy atom. The average molecular weight is 338 g/mol. The van der Waals surface area contributed by atoms with Gasteiger partial charge in [0.25, 0.3) is 5.19 Å². The molecule has 9 heteroatoms. The van der Waals surface area contributed by atoms with Gasteiger partial charge >= 0.3 is 12.1 Å². The fraction of sp³-hybridized carbons (Fsp3) is 0.167. The molecule has 21 heavy (non-hydrogen) atoms. The first-order valence-corrected chi connectivity index (χ1v) is 6.61. The molecule has 2 aromatic rings. The molecule has 1 heterocycles. The van der Waals surface area contributed by atoms with Gasteiger partial charge in [0.1, 0.15) is 5.75 Å². The van der Waals surface area contributed by atoms with Crippen LogP contribution in [-0.4, -0.2) is 18.1 Å². The molecule has 0 aliphatic heterocycles. The molecule has 1 aromatic heterocycles. The van der Waals surface area contributed by atoms with Crippen molar-refractivity contribution in [3.63, 3.8) is 0 Å². The third kappa shape index (κ3) is 3.45. The quantitative estimate of drug-likeness (QED) is 0.779. The Balaban J connectivity index is 2.34. The molecule has 112 valence electrons. The molecule has 0 radical (unpaired) electrons. The van der Waals surface area contributed by atoms with Crippen molar-refractivity contribution in [2.24, 2.45) is 0 Å². The summed E-state index contributed by atoms with van der Waals surface area (Å²) in [6, 6.07) is 4.66. The minimum atomic E-state index is -4.57. The number of nitrogens with zero attached hydrogens (tertiary/aromatic N) is 1. The molecule has 0 N–H and O–H groups in total. The third-order valence-electron chi connectivity index (χ3n) is 2.33. The molecule has 0 aliphatic rings. The van der Waals surface area contributed by atoms with Gasteiger partial charge in [-0.05, 0) is 12.1 Å². The Kier molecular flexibility index (Phi) is 4.38. The van der Waals surface area contributed by atoms with Gasteiger partial charge in [0.05, 0.1) is 12.7 Å². The molecule has 0 aliphatic carbocycles. The van der Waals surface area contributed by atoms with E-state index in [1.54, 1.807) is 0 Å². The number of benzene rings is 1. The number of esters is 1. The second kappa shape index (κ2) is 5.90. The van der Waals surface area contributed by atoms with E-state index in [2.05, 4.69) is 9.72 Å². The second-order valence-corrected chi connectivity index (χ2v) is 5.01. The molecule has 2 rings (SSSR count). The lowest BCUT2D eigenvalue weighted by Crippen LogP contribution is -2.06. The van der Waals surface area contributed by atoms with Gasteiger partial charge in [-0.25, -0.2) is 4.79 Å². The van der Waals surface area contributed by atoms with Crippen LogP contribution in [0.25, 0.3) is 0 Å². The third-order valence-corrected chi connectivity index (χ3v) is 3.63. The van der Waals surface area contributed by atoms with E-state index in [1.165, 1.54) is 12.1 Å². The van der Waals surface area contributed by atoms with Crippen LogP contribution in [-0.2, 0) is 10.9 Å². The number of hydrogen-bond acceptors (Lipinski definition) is 5. The zero-order valence-corrected chi connectivity index (χ0v) is 12.0. The van der Waals surface area contributed by atoms with E-state index >= 15 is 0 Å². The van der Waals surface area contributed by atoms with Gasteiger partial charge in [0, 0.05) is 0 Å². The van der Waals surface area contributed by atoms with Crippen molar-refractivity contribution in [2.75, 3.05) is 7.11 Å². The summed E-state index contributed by atoms with van der Waals surface area (Å²) < 4.78 is 48.0. The highest BCUT2D eigenvalue weighted by Gasteiger charge is 2.34. The SMILES string of the molecule is COC(=O)c1sc(Oc2ccccc2C(F)(F)F)nc1Cl. The maximum absolute atomic E-state index is 12.8. The monoisotopic (exact) mass is 337 g/mol. The number of carbonyl (C=O) groups is 1. The van der Waals surface area contributed by atoms with E-state index in [4.69, 9.17) is 16.3 Å². The number of rotatable bonds is 3. The van der Waals surface area contributed by atoms with Gasteiger partial charge in [-0.3, -0.25) is 0 Å². The van der Waals surface area contributed by atoms with Crippen LogP contribution < -0.4 is 4.74 Å². The van der Waals surface area contributed by atoms with Crippen LogP contribution in [0, 0.1) is 0 Å². The van der Waals surface area contributed by atoms with Crippen molar-refractivity contribution >= 4 is 28.9 Å². The highest BCUT2D eigenvalue weighted by molar-refractivity contribution is 7.15. The van der Waals surface area contributed by atoms with E-state index in [-0.39, 0.29) is 15.2 Å². The average Bonchev–Trinajstić information content (AvgIpc) is 2.78. The minimum absolute atomic E-state index is 0.0429. The van der Waals surface area contributed by atoms with Gasteiger partial charge in [-0.1, -0.05) is 35.1 Å². The van der Waals surface area contributed by atoms with Crippen molar-refractivity contribution < 1.29 is 27.4 Å². The van der Waals surface area contributed by atoms with Crippen molar-refractivity contribution in [2.45, 2.75) is 6.18 Å². The van der Waals surface area contributed by atoms with Crippen LogP contribution >= 0.6 is 22.9 Å². The molecule has 1 aromatic carbocycles. The van der Waals surface area contributed by atoms with E-state index in [9.17, 15) is 18.0 Å². The summed E-state index contributed by atoms with van der Waals surface area (Å²) in [6.45, 7) is 0. The molecule has 0 spiro atoms. The van der Waals surface area contributed by atoms with Crippen molar-refractivity contribution in [1.82, 2.24) is 4.98 Å². The van der Waals surface area contributed by atoms with Crippen molar-refractivity contribution in [3.8, 4) is 10.9 Å². The molecule has 0 fully saturated rings. The molecule has 0 saturated carbocycles. The zero-order chi connectivity index (χ0) is 15.6. The predicted molar refractivity (Wildman–Crippen MR) is 70.0 cm³/mol. The fourth-order valence-corrected chi connectivity index (χ4v) is 2.49. The normalized spacial score (nSPS) is 11.3. The highest BCUT2D eigenvalue weighted by atomic mass is 35.5. The van der Waals surface area contributed by atoms with Crippen LogP contribution in [0.2, 0.25) is 5.15 Å². The number of methoxy groups -OCH3 is 1. The lowest BCUT2D eigenvalue weighted by molar-refractivity contribution is -0.138. The summed E-state index contributed by atoms with van der Waals surface area (Å²) in [6.07, 6.45) is -4.57. The summed E-state index contributed by atoms with van der Waals surface area (Å²) in [5.41, 5.74) is -0.948. The number of hydrogen-bond donors (Lipinski definition) is 0. The topological polar surface area (TPSA) is 48.4 Å². The summed E-state index contributed by atoms with van der Waals surface area (Å²) in [4.78, 5) is 15.0. The first kappa shape index (κ1) is 15.6. The van der Waals surface area contributed by atoms with E-state index < -0.39 is 23.5 Å². The van der Waals surface area contributed by atoms with Gasteiger partial charge < -0.3 is 9.47 Å². The smallest absolute Gasteiger partial charge is 0.419 e. The number of aromatic nitrogens is 1. The summed E-state index contributed by atoms with van der Waals surface area (Å²) in [7, 11) is 1.15. The number of ether oxygens (including phenoxy) is 2. The number of para-hydroxylation sites is 1. The number of carbonyl (C=O) groups excluding carboxylic acids is 1. The Bertz CT molecular complexity index is 672. The summed E-state index contributed by atoms with van der Waals surface area (Å²) >= 11 is 6.41. The van der Waals surface area contributed by atoms with Crippen LogP contribution in [0.4, 0.5) is 13.2 Å². The zero-order valence-electron chi connectivity index (χ0n) is 10.4. The highest BCUT2D eigenvalue weighted by Crippen LogP contribution is 2.39. The molecular formula is C12H7ClF3NO3S. The van der Waals surface area contributed by atoms with Gasteiger partial charge in [-0.15, -0.1) is 0 Å². The molecule has 0 amide bonds. The van der Waals surface area contributed by atoms with Crippen LogP contribution in [0.3, 0.4) is 0 Å². The predicted octanol–water partition coefficient (Wildman–Crippen LogP) is 4.39. The maximum atomic E-state index is 12.8. The summed E-state index contributed by atoms with van der Waals surface area (Å²) in [5.74, 6) is -1.16. The Morgan fingerprint density at radius 2 is 2.00 bits per heavy atom. The maximum Gasteiger partial charge on any atom is 0.419 e. The van der Waals surface area contributed by atoms with E-state index in [1.807, 2.05) is 0 Å². The molecule has 4 nitrogen and oxygen atoms in total. The number of alkyl halides is 3. The van der Waals surface area contributed by atoms with Crippen LogP contribution in [0.1, 0.15) is 15.2 Å². The lowest BCUT2D eigenvalue weighted by Gasteiger charge is -2.11. The van der Waals surface area contributed by atoms with E-state index in [0.717, 1.165) is 19.2 Å². The lowest BCUT2D eigenvalue weighted by atomic mass is 10.2. The van der Waals surface area contributed by atoms with Gasteiger partial charge in [-0.2, -0.15) is 18.2 Å². The standard InChI is InChI=1S/C12H7ClF3NO3S/c1-19-10(18)8-9(13)17-11(21-8)20-7-5-3-2-4-6(7)12(14,15)16/h2-5H,1H3. The first-order valence-electron chi connectivity index (χ1n) is 5.41. The Labute approximate surface area is 126 Å². The van der Waals surface area contributed by atoms with Gasteiger partial charge in [0.2, 0.25) is 0 Å². The largest absolute Gasteiger partial charge is 0.465 e. The van der Waals surface area contributed by atoms with E-state index in [0.29, 0.717) is 11.3 Å². The molecule has 0 saturated heterocycles. The van der Waals surface area contributed by atoms with Crippen LogP contribution in [0.5, 0.6) is 10.9 Å². The van der Waals surface area contributed by atoms with Gasteiger partial charge in [0.15, 0.2) is 10.0 Å². The van der Waals surface area contributed by atoms with Crippen molar-refractivity contribution in [1.29, 1.82) is 0 Å². The van der Waals surface area contributed by atoms with Crippen molar-refractivity contribution in [3.05, 3.63) is 39.9 Å².